The van der Waals surface area contributed by atoms with E-state index in [0.29, 0.717) is 12.1 Å². The van der Waals surface area contributed by atoms with Crippen LogP contribution in [0.4, 0.5) is 4.79 Å². The Labute approximate surface area is 124 Å². The molecule has 0 bridgehead atoms. The van der Waals surface area contributed by atoms with Gasteiger partial charge >= 0.3 is 12.0 Å². The van der Waals surface area contributed by atoms with Crippen LogP contribution >= 0.6 is 0 Å². The minimum atomic E-state index is -1.12. The topological polar surface area (TPSA) is 89.9 Å². The van der Waals surface area contributed by atoms with Crippen molar-refractivity contribution in [3.63, 3.8) is 0 Å². The number of hydrogen-bond donors (Lipinski definition) is 3. The molecule has 1 atom stereocenters. The van der Waals surface area contributed by atoms with Gasteiger partial charge in [-0.25, -0.2) is 9.59 Å². The second kappa shape index (κ2) is 8.97. The lowest BCUT2D eigenvalue weighted by Crippen LogP contribution is -2.45. The number of nitrogens with one attached hydrogen (secondary N) is 1. The van der Waals surface area contributed by atoms with Gasteiger partial charge in [0.05, 0.1) is 6.61 Å². The van der Waals surface area contributed by atoms with Gasteiger partial charge in [-0.2, -0.15) is 0 Å². The lowest BCUT2D eigenvalue weighted by Gasteiger charge is -2.24. The fourth-order valence-corrected chi connectivity index (χ4v) is 1.93. The standard InChI is InChI=1S/C15H22N2O4/c1-2-3-9-17(10-11-18)15(21)16-13(14(19)20)12-7-5-4-6-8-12/h4-8,13,18H,2-3,9-11H2,1H3,(H,16,21)(H,19,20)/t13-/m0/s1. The van der Waals surface area contributed by atoms with Crippen LogP contribution in [0.2, 0.25) is 0 Å². The van der Waals surface area contributed by atoms with E-state index in [1.54, 1.807) is 30.3 Å². The molecule has 0 fully saturated rings. The Bertz CT molecular complexity index is 450. The second-order valence-electron chi connectivity index (χ2n) is 4.70. The molecule has 0 radical (unpaired) electrons. The van der Waals surface area contributed by atoms with Crippen molar-refractivity contribution in [3.8, 4) is 0 Å². The number of amides is 2. The van der Waals surface area contributed by atoms with Crippen molar-refractivity contribution in [3.05, 3.63) is 35.9 Å². The quantitative estimate of drug-likeness (QED) is 0.679. The van der Waals surface area contributed by atoms with E-state index < -0.39 is 18.0 Å². The molecule has 3 N–H and O–H groups in total. The van der Waals surface area contributed by atoms with Crippen molar-refractivity contribution in [2.45, 2.75) is 25.8 Å². The summed E-state index contributed by atoms with van der Waals surface area (Å²) in [5.74, 6) is -1.12. The molecule has 6 nitrogen and oxygen atoms in total. The van der Waals surface area contributed by atoms with Gasteiger partial charge in [-0.05, 0) is 12.0 Å². The first-order chi connectivity index (χ1) is 10.1. The highest BCUT2D eigenvalue weighted by atomic mass is 16.4. The van der Waals surface area contributed by atoms with E-state index in [4.69, 9.17) is 5.11 Å². The molecule has 0 spiro atoms. The molecule has 1 aromatic carbocycles. The molecule has 0 heterocycles. The van der Waals surface area contributed by atoms with E-state index in [1.165, 1.54) is 4.90 Å². The molecule has 1 rings (SSSR count). The second-order valence-corrected chi connectivity index (χ2v) is 4.70. The Morgan fingerprint density at radius 1 is 1.24 bits per heavy atom. The van der Waals surface area contributed by atoms with Crippen molar-refractivity contribution in [2.24, 2.45) is 0 Å². The summed E-state index contributed by atoms with van der Waals surface area (Å²) in [5.41, 5.74) is 0.512. The normalized spacial score (nSPS) is 11.7. The van der Waals surface area contributed by atoms with Gasteiger partial charge in [0.1, 0.15) is 0 Å². The molecule has 0 aliphatic carbocycles. The summed E-state index contributed by atoms with van der Waals surface area (Å²) in [6, 6.07) is 6.96. The predicted molar refractivity (Wildman–Crippen MR) is 78.9 cm³/mol. The molecule has 1 aromatic rings. The van der Waals surface area contributed by atoms with E-state index in [-0.39, 0.29) is 13.2 Å². The third kappa shape index (κ3) is 5.43. The molecule has 0 aliphatic rings. The van der Waals surface area contributed by atoms with Crippen LogP contribution < -0.4 is 5.32 Å². The Hall–Kier alpha value is -2.08. The van der Waals surface area contributed by atoms with Crippen molar-refractivity contribution in [2.75, 3.05) is 19.7 Å². The number of carbonyl (C=O) groups excluding carboxylic acids is 1. The first kappa shape index (κ1) is 17.0. The van der Waals surface area contributed by atoms with Crippen LogP contribution in [-0.2, 0) is 4.79 Å². The fraction of sp³-hybridized carbons (Fsp3) is 0.467. The van der Waals surface area contributed by atoms with Gasteiger partial charge in [0.2, 0.25) is 0 Å². The third-order valence-electron chi connectivity index (χ3n) is 3.09. The molecular formula is C15H22N2O4. The van der Waals surface area contributed by atoms with E-state index in [0.717, 1.165) is 12.8 Å². The average molecular weight is 294 g/mol. The number of hydrogen-bond acceptors (Lipinski definition) is 3. The highest BCUT2D eigenvalue weighted by molar-refractivity contribution is 5.83. The van der Waals surface area contributed by atoms with Gasteiger partial charge in [-0.15, -0.1) is 0 Å². The van der Waals surface area contributed by atoms with Crippen LogP contribution in [-0.4, -0.2) is 46.8 Å². The summed E-state index contributed by atoms with van der Waals surface area (Å²) < 4.78 is 0. The summed E-state index contributed by atoms with van der Waals surface area (Å²) in [7, 11) is 0. The van der Waals surface area contributed by atoms with Crippen LogP contribution in [0.5, 0.6) is 0 Å². The van der Waals surface area contributed by atoms with E-state index in [9.17, 15) is 14.7 Å². The van der Waals surface area contributed by atoms with Crippen LogP contribution in [0.3, 0.4) is 0 Å². The van der Waals surface area contributed by atoms with E-state index in [2.05, 4.69) is 5.32 Å². The number of aliphatic carboxylic acids is 1. The van der Waals surface area contributed by atoms with Gasteiger partial charge in [0.25, 0.3) is 0 Å². The zero-order valence-corrected chi connectivity index (χ0v) is 12.2. The minimum absolute atomic E-state index is 0.153. The van der Waals surface area contributed by atoms with Gasteiger partial charge < -0.3 is 20.4 Å². The van der Waals surface area contributed by atoms with Gasteiger partial charge in [0.15, 0.2) is 6.04 Å². The Balaban J connectivity index is 2.77. The van der Waals surface area contributed by atoms with E-state index in [1.807, 2.05) is 6.92 Å². The number of aliphatic hydroxyl groups is 1. The largest absolute Gasteiger partial charge is 0.479 e. The maximum absolute atomic E-state index is 12.2. The first-order valence-electron chi connectivity index (χ1n) is 7.04. The number of carbonyl (C=O) groups is 2. The van der Waals surface area contributed by atoms with E-state index >= 15 is 0 Å². The maximum atomic E-state index is 12.2. The first-order valence-corrected chi connectivity index (χ1v) is 7.04. The zero-order chi connectivity index (χ0) is 15.7. The van der Waals surface area contributed by atoms with Crippen LogP contribution in [0.1, 0.15) is 31.4 Å². The summed E-state index contributed by atoms with van der Waals surface area (Å²) in [6.07, 6.45) is 1.72. The third-order valence-corrected chi connectivity index (χ3v) is 3.09. The molecule has 2 amide bonds. The number of carboxylic acid groups (broad SMARTS) is 1. The molecule has 0 saturated heterocycles. The number of urea groups is 1. The predicted octanol–water partition coefficient (Wildman–Crippen LogP) is 1.62. The number of aliphatic hydroxyl groups excluding tert-OH is 1. The maximum Gasteiger partial charge on any atom is 0.330 e. The number of nitrogens with zero attached hydrogens (tertiary/aromatic N) is 1. The molecule has 116 valence electrons. The Morgan fingerprint density at radius 2 is 1.90 bits per heavy atom. The van der Waals surface area contributed by atoms with Crippen LogP contribution in [0.15, 0.2) is 30.3 Å². The van der Waals surface area contributed by atoms with Crippen molar-refractivity contribution < 1.29 is 19.8 Å². The summed E-state index contributed by atoms with van der Waals surface area (Å²) in [5, 5.41) is 20.8. The highest BCUT2D eigenvalue weighted by Crippen LogP contribution is 2.13. The van der Waals surface area contributed by atoms with Crippen molar-refractivity contribution in [1.29, 1.82) is 0 Å². The highest BCUT2D eigenvalue weighted by Gasteiger charge is 2.24. The molecule has 0 saturated carbocycles. The molecule has 6 heteroatoms. The van der Waals surface area contributed by atoms with Gasteiger partial charge in [0, 0.05) is 13.1 Å². The average Bonchev–Trinajstić information content (AvgIpc) is 2.49. The smallest absolute Gasteiger partial charge is 0.330 e. The fourth-order valence-electron chi connectivity index (χ4n) is 1.93. The van der Waals surface area contributed by atoms with Gasteiger partial charge in [-0.1, -0.05) is 43.7 Å². The minimum Gasteiger partial charge on any atom is -0.479 e. The monoisotopic (exact) mass is 294 g/mol. The zero-order valence-electron chi connectivity index (χ0n) is 12.2. The Morgan fingerprint density at radius 3 is 2.43 bits per heavy atom. The SMILES string of the molecule is CCCCN(CCO)C(=O)N[C@H](C(=O)O)c1ccccc1. The number of carboxylic acids is 1. The number of benzene rings is 1. The van der Waals surface area contributed by atoms with Crippen molar-refractivity contribution >= 4 is 12.0 Å². The lowest BCUT2D eigenvalue weighted by molar-refractivity contribution is -0.139. The van der Waals surface area contributed by atoms with Gasteiger partial charge in [-0.3, -0.25) is 0 Å². The molecule has 0 aromatic heterocycles. The van der Waals surface area contributed by atoms with Crippen LogP contribution in [0, 0.1) is 0 Å². The number of unbranched alkanes of at least 4 members (excludes halogenated alkanes) is 1. The molecule has 0 unspecified atom stereocenters. The molecule has 0 aliphatic heterocycles. The Kier molecular flexibility index (Phi) is 7.25. The van der Waals surface area contributed by atoms with Crippen molar-refractivity contribution in [1.82, 2.24) is 10.2 Å². The molecule has 21 heavy (non-hydrogen) atoms. The number of rotatable bonds is 8. The molecular weight excluding hydrogens is 272 g/mol. The van der Waals surface area contributed by atoms with Crippen LogP contribution in [0.25, 0.3) is 0 Å². The summed E-state index contributed by atoms with van der Waals surface area (Å²) >= 11 is 0. The summed E-state index contributed by atoms with van der Waals surface area (Å²) in [6.45, 7) is 2.52. The lowest BCUT2D eigenvalue weighted by atomic mass is 10.1. The summed E-state index contributed by atoms with van der Waals surface area (Å²) in [4.78, 5) is 24.9.